The first kappa shape index (κ1) is 10.7. The molecule has 0 unspecified atom stereocenters. The molecule has 0 bridgehead atoms. The van der Waals surface area contributed by atoms with Crippen LogP contribution in [0.15, 0.2) is 0 Å². The van der Waals surface area contributed by atoms with Crippen LogP contribution >= 0.6 is 12.0 Å². The van der Waals surface area contributed by atoms with Gasteiger partial charge in [0, 0.05) is 0 Å². The van der Waals surface area contributed by atoms with E-state index in [1.165, 1.54) is 6.92 Å². The molecule has 0 aliphatic rings. The third-order valence-corrected chi connectivity index (χ3v) is 1.55. The predicted molar refractivity (Wildman–Crippen MR) is 36.9 cm³/mol. The summed E-state index contributed by atoms with van der Waals surface area (Å²) >= 11 is 0.500. The van der Waals surface area contributed by atoms with Crippen molar-refractivity contribution in [2.45, 2.75) is 6.92 Å². The minimum Gasteiger partial charge on any atom is -0.725 e. The van der Waals surface area contributed by atoms with Gasteiger partial charge in [0.25, 0.3) is 0 Å². The molecule has 6 nitrogen and oxygen atoms in total. The van der Waals surface area contributed by atoms with Crippen LogP contribution in [0.5, 0.6) is 0 Å². The molecule has 66 valence electrons. The molecule has 0 atom stereocenters. The van der Waals surface area contributed by atoms with Crippen LogP contribution in [-0.4, -0.2) is 29.7 Å². The highest BCUT2D eigenvalue weighted by atomic mass is 32.3. The first-order valence-electron chi connectivity index (χ1n) is 2.34. The van der Waals surface area contributed by atoms with Crippen molar-refractivity contribution in [3.8, 4) is 0 Å². The summed E-state index contributed by atoms with van der Waals surface area (Å²) in [5.74, 6) is -0.828. The molecule has 0 spiro atoms. The lowest BCUT2D eigenvalue weighted by Crippen LogP contribution is -2.04. The third-order valence-electron chi connectivity index (χ3n) is 0.420. The quantitative estimate of drug-likeness (QED) is 0.154. The topological polar surface area (TPSA) is 97.1 Å². The summed E-state index contributed by atoms with van der Waals surface area (Å²) in [4.78, 5) is 8.37. The standard InChI is InChI=1S/C3H6O6S2/c1-3(4)9-10-2-8-11(5,6)7/h2H2,1H3,(H,5,6,7). The van der Waals surface area contributed by atoms with Crippen LogP contribution in [0.3, 0.4) is 0 Å². The van der Waals surface area contributed by atoms with Crippen molar-refractivity contribution in [1.29, 1.82) is 0 Å². The van der Waals surface area contributed by atoms with E-state index in [2.05, 4.69) is 8.37 Å². The molecule has 8 heteroatoms. The molecule has 0 heterocycles. The average Bonchev–Trinajstić information content (AvgIpc) is 1.78. The zero-order valence-electron chi connectivity index (χ0n) is 5.51. The number of carbonyl (C=O) groups excluding carboxylic acids is 1. The van der Waals surface area contributed by atoms with Crippen molar-refractivity contribution in [2.24, 2.45) is 0 Å². The van der Waals surface area contributed by atoms with Crippen molar-refractivity contribution < 1.29 is 26.1 Å². The van der Waals surface area contributed by atoms with Crippen molar-refractivity contribution in [1.82, 2.24) is 0 Å². The summed E-state index contributed by atoms with van der Waals surface area (Å²) in [7, 11) is -4.66. The molecular formula is C3H6O6S2. The molecule has 0 saturated heterocycles. The molecule has 11 heavy (non-hydrogen) atoms. The summed E-state index contributed by atoms with van der Waals surface area (Å²) in [5.41, 5.74) is 0. The largest absolute Gasteiger partial charge is 0.725 e. The number of hydrogen-bond donors (Lipinski definition) is 0. The monoisotopic (exact) mass is 202 g/mol. The van der Waals surface area contributed by atoms with Gasteiger partial charge in [0.05, 0.1) is 6.92 Å². The van der Waals surface area contributed by atoms with Gasteiger partial charge in [-0.15, -0.1) is 0 Å². The van der Waals surface area contributed by atoms with E-state index in [0.717, 1.165) is 0 Å². The zero-order valence-corrected chi connectivity index (χ0v) is 7.15. The fourth-order valence-electron chi connectivity index (χ4n) is 0.188. The van der Waals surface area contributed by atoms with Crippen molar-refractivity contribution in [2.75, 3.05) is 5.94 Å². The molecular weight excluding hydrogens is 196 g/mol. The highest BCUT2D eigenvalue weighted by molar-refractivity contribution is 7.95. The Hall–Kier alpha value is -0.310. The van der Waals surface area contributed by atoms with Crippen LogP contribution < -0.4 is 0 Å². The summed E-state index contributed by atoms with van der Waals surface area (Å²) < 4.78 is 37.3. The van der Waals surface area contributed by atoms with E-state index in [0.29, 0.717) is 12.0 Å². The molecule has 0 aromatic rings. The SMILES string of the molecule is CC(=[OH+])OSCOS(=O)(=O)[O-]. The van der Waals surface area contributed by atoms with Gasteiger partial charge in [0.1, 0.15) is 0 Å². The Kier molecular flexibility index (Phi) is 4.42. The first-order valence-corrected chi connectivity index (χ1v) is 4.58. The van der Waals surface area contributed by atoms with E-state index in [9.17, 15) is 13.0 Å². The van der Waals surface area contributed by atoms with Gasteiger partial charge in [0.2, 0.25) is 22.4 Å². The Bertz CT molecular complexity index is 218. The first-order chi connectivity index (χ1) is 4.92. The molecule has 1 N–H and O–H groups in total. The maximum atomic E-state index is 9.76. The third kappa shape index (κ3) is 9.69. The van der Waals surface area contributed by atoms with Crippen LogP contribution in [0, 0.1) is 0 Å². The van der Waals surface area contributed by atoms with Crippen LogP contribution in [0.2, 0.25) is 0 Å². The fourth-order valence-corrected chi connectivity index (χ4v) is 1.04. The van der Waals surface area contributed by atoms with E-state index in [4.69, 9.17) is 4.79 Å². The molecule has 0 saturated carbocycles. The lowest BCUT2D eigenvalue weighted by molar-refractivity contribution is 0.300. The van der Waals surface area contributed by atoms with Gasteiger partial charge in [-0.2, -0.15) is 0 Å². The zero-order chi connectivity index (χ0) is 8.91. The Labute approximate surface area is 68.0 Å². The minimum atomic E-state index is -4.66. The lowest BCUT2D eigenvalue weighted by atomic mass is 10.9. The molecule has 0 aliphatic heterocycles. The second kappa shape index (κ2) is 4.54. The van der Waals surface area contributed by atoms with Gasteiger partial charge in [-0.3, -0.25) is 4.18 Å². The Morgan fingerprint density at radius 3 is 2.64 bits per heavy atom. The van der Waals surface area contributed by atoms with Gasteiger partial charge in [0.15, 0.2) is 5.94 Å². The number of hydrogen-bond acceptors (Lipinski definition) is 6. The number of rotatable bonds is 4. The normalized spacial score (nSPS) is 11.1. The van der Waals surface area contributed by atoms with Gasteiger partial charge in [-0.1, -0.05) is 0 Å². The summed E-state index contributed by atoms with van der Waals surface area (Å²) in [6.45, 7) is 1.25. The molecule has 0 radical (unpaired) electrons. The molecule has 0 rings (SSSR count). The summed E-state index contributed by atoms with van der Waals surface area (Å²) in [6, 6.07) is 0. The summed E-state index contributed by atoms with van der Waals surface area (Å²) in [6.07, 6.45) is 0. The van der Waals surface area contributed by atoms with Crippen LogP contribution in [0.1, 0.15) is 6.92 Å². The molecule has 0 aromatic heterocycles. The molecule has 0 aromatic carbocycles. The van der Waals surface area contributed by atoms with E-state index < -0.39 is 16.3 Å². The molecule has 0 amide bonds. The van der Waals surface area contributed by atoms with Crippen molar-refractivity contribution in [3.63, 3.8) is 0 Å². The fraction of sp³-hybridized carbons (Fsp3) is 0.667. The average molecular weight is 202 g/mol. The highest BCUT2D eigenvalue weighted by Gasteiger charge is 2.05. The Morgan fingerprint density at radius 1 is 1.73 bits per heavy atom. The van der Waals surface area contributed by atoms with Crippen LogP contribution in [0.25, 0.3) is 0 Å². The van der Waals surface area contributed by atoms with E-state index in [1.807, 2.05) is 0 Å². The highest BCUT2D eigenvalue weighted by Crippen LogP contribution is 2.03. The predicted octanol–water partition coefficient (Wildman–Crippen LogP) is -0.392. The maximum Gasteiger partial charge on any atom is 0.493 e. The molecule has 0 fully saturated rings. The molecule has 0 aliphatic carbocycles. The van der Waals surface area contributed by atoms with E-state index in [1.54, 1.807) is 0 Å². The van der Waals surface area contributed by atoms with Crippen LogP contribution in [0.4, 0.5) is 0 Å². The Morgan fingerprint density at radius 2 is 2.27 bits per heavy atom. The van der Waals surface area contributed by atoms with Crippen molar-refractivity contribution in [3.05, 3.63) is 0 Å². The van der Waals surface area contributed by atoms with Gasteiger partial charge >= 0.3 is 5.97 Å². The second-order valence-electron chi connectivity index (χ2n) is 1.36. The smallest absolute Gasteiger partial charge is 0.493 e. The second-order valence-corrected chi connectivity index (χ2v) is 3.05. The lowest BCUT2D eigenvalue weighted by Gasteiger charge is -2.02. The minimum absolute atomic E-state index is 0.345. The maximum absolute atomic E-state index is 9.76. The van der Waals surface area contributed by atoms with Crippen LogP contribution in [-0.2, 0) is 18.8 Å². The van der Waals surface area contributed by atoms with E-state index in [-0.39, 0.29) is 5.97 Å². The van der Waals surface area contributed by atoms with Gasteiger partial charge < -0.3 is 9.35 Å². The van der Waals surface area contributed by atoms with Gasteiger partial charge in [-0.25, -0.2) is 12.6 Å². The summed E-state index contributed by atoms with van der Waals surface area (Å²) in [5, 5.41) is 0. The van der Waals surface area contributed by atoms with E-state index >= 15 is 0 Å². The van der Waals surface area contributed by atoms with Crippen molar-refractivity contribution >= 4 is 28.4 Å². The Balaban J connectivity index is 3.37. The van der Waals surface area contributed by atoms with Gasteiger partial charge in [-0.05, 0) is 0 Å².